The summed E-state index contributed by atoms with van der Waals surface area (Å²) in [5.74, 6) is -0.394. The van der Waals surface area contributed by atoms with E-state index in [4.69, 9.17) is 22.3 Å². The highest BCUT2D eigenvalue weighted by Gasteiger charge is 2.42. The molecule has 4 nitrogen and oxygen atoms in total. The Morgan fingerprint density at radius 3 is 2.50 bits per heavy atom. The fourth-order valence-corrected chi connectivity index (χ4v) is 5.16. The number of phenolic OH excluding ortho intramolecular Hbond substituents is 1. The van der Waals surface area contributed by atoms with Crippen LogP contribution in [0.5, 0.6) is 5.75 Å². The zero-order valence-corrected chi connectivity index (χ0v) is 17.5. The van der Waals surface area contributed by atoms with E-state index in [1.165, 1.54) is 12.1 Å². The molecule has 1 amide bonds. The smallest absolute Gasteiger partial charge is 0.255 e. The number of rotatable bonds is 3. The summed E-state index contributed by atoms with van der Waals surface area (Å²) in [6.45, 7) is 2.91. The van der Waals surface area contributed by atoms with Crippen molar-refractivity contribution in [2.24, 2.45) is 0 Å². The van der Waals surface area contributed by atoms with Gasteiger partial charge in [-0.1, -0.05) is 11.6 Å². The topological polar surface area (TPSA) is 43.8 Å². The van der Waals surface area contributed by atoms with E-state index >= 15 is 0 Å². The first-order chi connectivity index (χ1) is 13.4. The quantitative estimate of drug-likeness (QED) is 0.708. The van der Waals surface area contributed by atoms with Gasteiger partial charge in [0.25, 0.3) is 5.91 Å². The summed E-state index contributed by atoms with van der Waals surface area (Å²) in [4.78, 5) is 17.8. The normalized spacial score (nSPS) is 21.3. The minimum absolute atomic E-state index is 0.0998. The Labute approximate surface area is 176 Å². The molecule has 2 saturated heterocycles. The van der Waals surface area contributed by atoms with E-state index in [2.05, 4.69) is 4.90 Å². The van der Waals surface area contributed by atoms with E-state index in [-0.39, 0.29) is 28.8 Å². The standard InChI is InChI=1S/C20H19Cl2FN2O2S/c1-11-6-15(28-22)8-18(19(11)26)25-13-3-4-14(25)10-24(9-13)20(27)16-5-2-12(23)7-17(16)21/h2,5-8,13-14,26H,3-4,9-10H2,1H3. The molecule has 2 unspecified atom stereocenters. The second-order valence-electron chi connectivity index (χ2n) is 7.31. The summed E-state index contributed by atoms with van der Waals surface area (Å²) in [5, 5.41) is 10.7. The zero-order valence-electron chi connectivity index (χ0n) is 15.2. The van der Waals surface area contributed by atoms with Crippen LogP contribution in [0.3, 0.4) is 0 Å². The maximum Gasteiger partial charge on any atom is 0.255 e. The van der Waals surface area contributed by atoms with E-state index in [1.807, 2.05) is 19.1 Å². The van der Waals surface area contributed by atoms with Gasteiger partial charge >= 0.3 is 0 Å². The molecule has 148 valence electrons. The van der Waals surface area contributed by atoms with Crippen molar-refractivity contribution >= 4 is 44.9 Å². The number of amides is 1. The van der Waals surface area contributed by atoms with Crippen molar-refractivity contribution in [3.63, 3.8) is 0 Å². The molecule has 0 spiro atoms. The monoisotopic (exact) mass is 440 g/mol. The van der Waals surface area contributed by atoms with Crippen LogP contribution in [0.4, 0.5) is 10.1 Å². The van der Waals surface area contributed by atoms with E-state index in [9.17, 15) is 14.3 Å². The number of aromatic hydroxyl groups is 1. The Hall–Kier alpha value is -1.63. The van der Waals surface area contributed by atoms with Gasteiger partial charge in [0.1, 0.15) is 11.6 Å². The van der Waals surface area contributed by atoms with Gasteiger partial charge in [0.2, 0.25) is 0 Å². The Bertz CT molecular complexity index is 929. The van der Waals surface area contributed by atoms with Crippen LogP contribution in [-0.4, -0.2) is 41.1 Å². The van der Waals surface area contributed by atoms with Crippen LogP contribution in [-0.2, 0) is 0 Å². The Balaban J connectivity index is 1.60. The summed E-state index contributed by atoms with van der Waals surface area (Å²) >= 11 is 6.08. The predicted molar refractivity (Wildman–Crippen MR) is 111 cm³/mol. The lowest BCUT2D eigenvalue weighted by Crippen LogP contribution is -2.55. The SMILES string of the molecule is Cc1cc(SCl)cc(N2C3CCC2CN(C(=O)c2ccc(F)cc2Cl)C3)c1O. The number of hydrogen-bond donors (Lipinski definition) is 1. The van der Waals surface area contributed by atoms with E-state index < -0.39 is 5.82 Å². The number of benzene rings is 2. The molecule has 2 heterocycles. The van der Waals surface area contributed by atoms with Gasteiger partial charge in [-0.25, -0.2) is 4.39 Å². The van der Waals surface area contributed by atoms with E-state index in [0.29, 0.717) is 18.7 Å². The molecular formula is C20H19Cl2FN2O2S. The van der Waals surface area contributed by atoms with Gasteiger partial charge in [-0.3, -0.25) is 4.79 Å². The maximum absolute atomic E-state index is 13.3. The summed E-state index contributed by atoms with van der Waals surface area (Å²) in [5.41, 5.74) is 1.86. The third-order valence-corrected chi connectivity index (χ3v) is 6.81. The number of aryl methyl sites for hydroxylation is 1. The molecule has 4 rings (SSSR count). The van der Waals surface area contributed by atoms with Crippen molar-refractivity contribution in [3.05, 3.63) is 52.3 Å². The van der Waals surface area contributed by atoms with Crippen LogP contribution in [0.15, 0.2) is 35.2 Å². The number of carbonyl (C=O) groups excluding carboxylic acids is 1. The third-order valence-electron chi connectivity index (χ3n) is 5.55. The fraction of sp³-hybridized carbons (Fsp3) is 0.350. The van der Waals surface area contributed by atoms with Crippen LogP contribution in [0.2, 0.25) is 5.02 Å². The van der Waals surface area contributed by atoms with Gasteiger partial charge in [0.15, 0.2) is 0 Å². The number of carbonyl (C=O) groups is 1. The number of anilines is 1. The van der Waals surface area contributed by atoms with Gasteiger partial charge in [0.05, 0.1) is 16.3 Å². The maximum atomic E-state index is 13.3. The number of phenols is 1. The van der Waals surface area contributed by atoms with Gasteiger partial charge in [-0.05, 0) is 77.3 Å². The van der Waals surface area contributed by atoms with Crippen LogP contribution in [0.1, 0.15) is 28.8 Å². The van der Waals surface area contributed by atoms with Crippen molar-refractivity contribution < 1.29 is 14.3 Å². The first-order valence-electron chi connectivity index (χ1n) is 9.04. The minimum Gasteiger partial charge on any atom is -0.505 e. The molecule has 0 radical (unpaired) electrons. The Morgan fingerprint density at radius 1 is 1.21 bits per heavy atom. The molecule has 0 aromatic heterocycles. The minimum atomic E-state index is -0.464. The number of likely N-dealkylation sites (tertiary alicyclic amines) is 1. The summed E-state index contributed by atoms with van der Waals surface area (Å²) in [7, 11) is 7.06. The molecular weight excluding hydrogens is 422 g/mol. The lowest BCUT2D eigenvalue weighted by atomic mass is 10.1. The lowest BCUT2D eigenvalue weighted by Gasteiger charge is -2.43. The highest BCUT2D eigenvalue weighted by molar-refractivity contribution is 8.21. The zero-order chi connectivity index (χ0) is 20.0. The number of halogens is 3. The molecule has 2 aliphatic rings. The number of fused-ring (bicyclic) bond motifs is 2. The van der Waals surface area contributed by atoms with Crippen molar-refractivity contribution in [1.82, 2.24) is 4.90 Å². The molecule has 2 fully saturated rings. The van der Waals surface area contributed by atoms with Gasteiger partial charge in [0, 0.05) is 30.1 Å². The van der Waals surface area contributed by atoms with E-state index in [1.54, 1.807) is 4.90 Å². The first kappa shape index (κ1) is 19.7. The van der Waals surface area contributed by atoms with E-state index in [0.717, 1.165) is 46.0 Å². The molecule has 2 bridgehead atoms. The summed E-state index contributed by atoms with van der Waals surface area (Å²) < 4.78 is 13.3. The summed E-state index contributed by atoms with van der Waals surface area (Å²) in [6.07, 6.45) is 1.87. The average Bonchev–Trinajstić information content (AvgIpc) is 2.92. The van der Waals surface area contributed by atoms with Crippen molar-refractivity contribution in [2.75, 3.05) is 18.0 Å². The molecule has 1 N–H and O–H groups in total. The van der Waals surface area contributed by atoms with Gasteiger partial charge in [-0.2, -0.15) is 0 Å². The van der Waals surface area contributed by atoms with Gasteiger partial charge in [-0.15, -0.1) is 0 Å². The van der Waals surface area contributed by atoms with Gasteiger partial charge < -0.3 is 14.9 Å². The van der Waals surface area contributed by atoms with Crippen LogP contribution in [0, 0.1) is 12.7 Å². The highest BCUT2D eigenvalue weighted by Crippen LogP contribution is 2.43. The van der Waals surface area contributed by atoms with Crippen molar-refractivity contribution in [2.45, 2.75) is 36.7 Å². The van der Waals surface area contributed by atoms with Crippen LogP contribution < -0.4 is 4.90 Å². The number of nitrogens with zero attached hydrogens (tertiary/aromatic N) is 2. The lowest BCUT2D eigenvalue weighted by molar-refractivity contribution is 0.0718. The molecule has 8 heteroatoms. The predicted octanol–water partition coefficient (Wildman–Crippen LogP) is 5.23. The average molecular weight is 441 g/mol. The molecule has 2 atom stereocenters. The Kier molecular flexibility index (Phi) is 5.38. The second-order valence-corrected chi connectivity index (χ2v) is 8.81. The molecule has 28 heavy (non-hydrogen) atoms. The molecule has 0 aliphatic carbocycles. The fourth-order valence-electron chi connectivity index (χ4n) is 4.27. The molecule has 2 aliphatic heterocycles. The van der Waals surface area contributed by atoms with Crippen molar-refractivity contribution in [3.8, 4) is 5.75 Å². The number of hydrogen-bond acceptors (Lipinski definition) is 4. The van der Waals surface area contributed by atoms with Crippen LogP contribution >= 0.6 is 33.3 Å². The number of piperazine rings is 1. The van der Waals surface area contributed by atoms with Crippen LogP contribution in [0.25, 0.3) is 0 Å². The second kappa shape index (κ2) is 7.65. The summed E-state index contributed by atoms with van der Waals surface area (Å²) in [6, 6.07) is 7.81. The molecule has 2 aromatic rings. The molecule has 0 saturated carbocycles. The highest BCUT2D eigenvalue weighted by atomic mass is 35.7. The molecule has 2 aromatic carbocycles. The largest absolute Gasteiger partial charge is 0.505 e. The third kappa shape index (κ3) is 3.42. The first-order valence-corrected chi connectivity index (χ1v) is 11.1. The van der Waals surface area contributed by atoms with Crippen molar-refractivity contribution in [1.29, 1.82) is 0 Å². The Morgan fingerprint density at radius 2 is 1.89 bits per heavy atom.